The Bertz CT molecular complexity index is 890. The molecule has 0 aliphatic rings. The van der Waals surface area contributed by atoms with Crippen LogP contribution in [0.1, 0.15) is 18.1 Å². The van der Waals surface area contributed by atoms with Crippen molar-refractivity contribution in [1.29, 1.82) is 0 Å². The van der Waals surface area contributed by atoms with Crippen LogP contribution in [0, 0.1) is 5.82 Å². The summed E-state index contributed by atoms with van der Waals surface area (Å²) >= 11 is 6.15. The number of methoxy groups -OCH3 is 1. The minimum absolute atomic E-state index is 0.0587. The smallest absolute Gasteiger partial charge is 0.328 e. The number of esters is 1. The standard InChI is InChI=1S/C21H22ClFN2O4/c1-13(26)24-18(11-14-6-5-8-16(23)10-14)20(27)25-19(21(28)29-2)12-15-7-3-4-9-17(15)22/h3-10,18-19H,11-12H2,1-2H3,(H,24,26)(H,25,27)/t18-,19+/m1/s1. The Morgan fingerprint density at radius 3 is 2.38 bits per heavy atom. The van der Waals surface area contributed by atoms with Gasteiger partial charge in [-0.25, -0.2) is 9.18 Å². The predicted octanol–water partition coefficient (Wildman–Crippen LogP) is 2.43. The summed E-state index contributed by atoms with van der Waals surface area (Å²) in [5, 5.41) is 5.59. The van der Waals surface area contributed by atoms with E-state index in [-0.39, 0.29) is 12.8 Å². The van der Waals surface area contributed by atoms with E-state index in [9.17, 15) is 18.8 Å². The van der Waals surface area contributed by atoms with Crippen molar-refractivity contribution in [2.24, 2.45) is 0 Å². The topological polar surface area (TPSA) is 84.5 Å². The Morgan fingerprint density at radius 2 is 1.76 bits per heavy atom. The quantitative estimate of drug-likeness (QED) is 0.642. The molecule has 0 aliphatic heterocycles. The summed E-state index contributed by atoms with van der Waals surface area (Å²) in [6.45, 7) is 1.27. The fraction of sp³-hybridized carbons (Fsp3) is 0.286. The van der Waals surface area contributed by atoms with Gasteiger partial charge in [-0.1, -0.05) is 41.9 Å². The number of hydrogen-bond acceptors (Lipinski definition) is 4. The molecule has 0 saturated carbocycles. The van der Waals surface area contributed by atoms with Crippen LogP contribution in [0.3, 0.4) is 0 Å². The molecule has 0 aromatic heterocycles. The van der Waals surface area contributed by atoms with Gasteiger partial charge in [-0.3, -0.25) is 9.59 Å². The van der Waals surface area contributed by atoms with Gasteiger partial charge < -0.3 is 15.4 Å². The summed E-state index contributed by atoms with van der Waals surface area (Å²) in [6.07, 6.45) is 0.175. The third kappa shape index (κ3) is 6.87. The molecule has 0 heterocycles. The van der Waals surface area contributed by atoms with Gasteiger partial charge in [0.05, 0.1) is 7.11 Å². The summed E-state index contributed by atoms with van der Waals surface area (Å²) in [5.74, 6) is -2.12. The van der Waals surface area contributed by atoms with E-state index in [1.54, 1.807) is 30.3 Å². The third-order valence-corrected chi connectivity index (χ3v) is 4.58. The van der Waals surface area contributed by atoms with Crippen molar-refractivity contribution in [3.05, 3.63) is 70.5 Å². The van der Waals surface area contributed by atoms with Crippen molar-refractivity contribution in [2.45, 2.75) is 31.8 Å². The average Bonchev–Trinajstić information content (AvgIpc) is 2.67. The largest absolute Gasteiger partial charge is 0.467 e. The molecule has 0 spiro atoms. The van der Waals surface area contributed by atoms with Crippen molar-refractivity contribution in [3.63, 3.8) is 0 Å². The van der Waals surface area contributed by atoms with Crippen molar-refractivity contribution in [1.82, 2.24) is 10.6 Å². The molecule has 2 aromatic carbocycles. The van der Waals surface area contributed by atoms with Gasteiger partial charge in [-0.2, -0.15) is 0 Å². The van der Waals surface area contributed by atoms with Gasteiger partial charge in [0, 0.05) is 24.8 Å². The fourth-order valence-electron chi connectivity index (χ4n) is 2.85. The maximum absolute atomic E-state index is 13.5. The van der Waals surface area contributed by atoms with Crippen molar-refractivity contribution >= 4 is 29.4 Å². The van der Waals surface area contributed by atoms with Crippen LogP contribution in [0.5, 0.6) is 0 Å². The number of halogens is 2. The van der Waals surface area contributed by atoms with Gasteiger partial charge in [-0.15, -0.1) is 0 Å². The second kappa shape index (κ2) is 10.6. The van der Waals surface area contributed by atoms with Crippen molar-refractivity contribution < 1.29 is 23.5 Å². The fourth-order valence-corrected chi connectivity index (χ4v) is 3.06. The lowest BCUT2D eigenvalue weighted by molar-refractivity contribution is -0.145. The molecule has 0 unspecified atom stereocenters. The molecule has 0 fully saturated rings. The molecule has 0 radical (unpaired) electrons. The van der Waals surface area contributed by atoms with Crippen LogP contribution in [0.15, 0.2) is 48.5 Å². The highest BCUT2D eigenvalue weighted by molar-refractivity contribution is 6.31. The zero-order valence-corrected chi connectivity index (χ0v) is 16.8. The van der Waals surface area contributed by atoms with Crippen LogP contribution in [0.25, 0.3) is 0 Å². The molecule has 6 nitrogen and oxygen atoms in total. The van der Waals surface area contributed by atoms with E-state index < -0.39 is 35.7 Å². The van der Waals surface area contributed by atoms with Gasteiger partial charge in [0.1, 0.15) is 17.9 Å². The molecule has 29 heavy (non-hydrogen) atoms. The number of carbonyl (C=O) groups is 3. The number of nitrogens with one attached hydrogen (secondary N) is 2. The monoisotopic (exact) mass is 420 g/mol. The molecule has 2 aromatic rings. The van der Waals surface area contributed by atoms with E-state index in [1.165, 1.54) is 32.2 Å². The van der Waals surface area contributed by atoms with E-state index in [1.807, 2.05) is 0 Å². The number of ether oxygens (including phenoxy) is 1. The minimum Gasteiger partial charge on any atom is -0.467 e. The lowest BCUT2D eigenvalue weighted by Gasteiger charge is -2.22. The maximum Gasteiger partial charge on any atom is 0.328 e. The minimum atomic E-state index is -1.00. The highest BCUT2D eigenvalue weighted by Gasteiger charge is 2.27. The molecule has 2 N–H and O–H groups in total. The number of rotatable bonds is 8. The predicted molar refractivity (Wildman–Crippen MR) is 107 cm³/mol. The molecule has 0 saturated heterocycles. The molecular weight excluding hydrogens is 399 g/mol. The number of benzene rings is 2. The van der Waals surface area contributed by atoms with Crippen LogP contribution in [-0.4, -0.2) is 37.0 Å². The SMILES string of the molecule is COC(=O)[C@H](Cc1ccccc1Cl)NC(=O)[C@@H](Cc1cccc(F)c1)NC(C)=O. The number of hydrogen-bond donors (Lipinski definition) is 2. The summed E-state index contributed by atoms with van der Waals surface area (Å²) in [5.41, 5.74) is 1.19. The Balaban J connectivity index is 2.19. The zero-order chi connectivity index (χ0) is 21.4. The van der Waals surface area contributed by atoms with Crippen molar-refractivity contribution in [2.75, 3.05) is 7.11 Å². The van der Waals surface area contributed by atoms with Crippen LogP contribution >= 0.6 is 11.6 Å². The highest BCUT2D eigenvalue weighted by atomic mass is 35.5. The Kier molecular flexibility index (Phi) is 8.15. The average molecular weight is 421 g/mol. The zero-order valence-electron chi connectivity index (χ0n) is 16.1. The van der Waals surface area contributed by atoms with Gasteiger partial charge in [0.15, 0.2) is 0 Å². The van der Waals surface area contributed by atoms with E-state index >= 15 is 0 Å². The first-order chi connectivity index (χ1) is 13.8. The molecule has 0 bridgehead atoms. The summed E-state index contributed by atoms with van der Waals surface area (Å²) in [4.78, 5) is 36.6. The van der Waals surface area contributed by atoms with E-state index in [0.29, 0.717) is 16.1 Å². The molecular formula is C21H22ClFN2O4. The molecule has 2 rings (SSSR count). The molecule has 2 amide bonds. The molecule has 154 valence electrons. The lowest BCUT2D eigenvalue weighted by atomic mass is 10.0. The van der Waals surface area contributed by atoms with Gasteiger partial charge in [0.2, 0.25) is 11.8 Å². The maximum atomic E-state index is 13.5. The number of amides is 2. The Morgan fingerprint density at radius 1 is 1.03 bits per heavy atom. The number of carbonyl (C=O) groups excluding carboxylic acids is 3. The summed E-state index contributed by atoms with van der Waals surface area (Å²) < 4.78 is 18.2. The highest BCUT2D eigenvalue weighted by Crippen LogP contribution is 2.17. The molecule has 8 heteroatoms. The Labute approximate surface area is 173 Å². The Hall–Kier alpha value is -2.93. The van der Waals surface area contributed by atoms with Crippen LogP contribution in [-0.2, 0) is 32.0 Å². The molecule has 0 aliphatic carbocycles. The van der Waals surface area contributed by atoms with Crippen LogP contribution in [0.2, 0.25) is 5.02 Å². The summed E-state index contributed by atoms with van der Waals surface area (Å²) in [6, 6.07) is 10.7. The normalized spacial score (nSPS) is 12.6. The second-order valence-corrected chi connectivity index (χ2v) is 6.87. The van der Waals surface area contributed by atoms with Gasteiger partial charge in [0.25, 0.3) is 0 Å². The first-order valence-corrected chi connectivity index (χ1v) is 9.31. The first-order valence-electron chi connectivity index (χ1n) is 8.93. The van der Waals surface area contributed by atoms with Gasteiger partial charge in [-0.05, 0) is 29.3 Å². The van der Waals surface area contributed by atoms with Crippen LogP contribution in [0.4, 0.5) is 4.39 Å². The van der Waals surface area contributed by atoms with E-state index in [4.69, 9.17) is 16.3 Å². The summed E-state index contributed by atoms with van der Waals surface area (Å²) in [7, 11) is 1.21. The molecule has 2 atom stereocenters. The van der Waals surface area contributed by atoms with E-state index in [0.717, 1.165) is 0 Å². The lowest BCUT2D eigenvalue weighted by Crippen LogP contribution is -2.53. The van der Waals surface area contributed by atoms with E-state index in [2.05, 4.69) is 10.6 Å². The third-order valence-electron chi connectivity index (χ3n) is 4.21. The second-order valence-electron chi connectivity index (χ2n) is 6.47. The van der Waals surface area contributed by atoms with Gasteiger partial charge >= 0.3 is 5.97 Å². The van der Waals surface area contributed by atoms with Crippen LogP contribution < -0.4 is 10.6 Å². The first kappa shape index (κ1) is 22.4. The van der Waals surface area contributed by atoms with Crippen molar-refractivity contribution in [3.8, 4) is 0 Å².